The third kappa shape index (κ3) is 3.25. The Morgan fingerprint density at radius 3 is 2.48 bits per heavy atom. The molecule has 0 saturated heterocycles. The van der Waals surface area contributed by atoms with E-state index in [0.29, 0.717) is 5.56 Å². The molecule has 0 bridgehead atoms. The summed E-state index contributed by atoms with van der Waals surface area (Å²) in [5.41, 5.74) is 3.25. The molecule has 2 aromatic carbocycles. The second kappa shape index (κ2) is 5.75. The maximum absolute atomic E-state index is 12.0. The van der Waals surface area contributed by atoms with E-state index in [1.165, 1.54) is 12.3 Å². The van der Waals surface area contributed by atoms with Crippen LogP contribution in [0.1, 0.15) is 22.3 Å². The van der Waals surface area contributed by atoms with Crippen molar-refractivity contribution in [2.24, 2.45) is 4.99 Å². The number of aryl methyl sites for hydroxylation is 3. The molecule has 2 rings (SSSR count). The van der Waals surface area contributed by atoms with Crippen LogP contribution in [0, 0.1) is 30.9 Å². The maximum atomic E-state index is 12.0. The molecule has 0 spiro atoms. The number of rotatable bonds is 3. The van der Waals surface area contributed by atoms with E-state index >= 15 is 0 Å². The highest BCUT2D eigenvalue weighted by atomic mass is 16.6. The maximum Gasteiger partial charge on any atom is 0.262 e. The van der Waals surface area contributed by atoms with Crippen LogP contribution in [-0.2, 0) is 0 Å². The van der Waals surface area contributed by atoms with E-state index in [1.807, 2.05) is 32.0 Å². The summed E-state index contributed by atoms with van der Waals surface area (Å²) in [6, 6.07) is 8.70. The van der Waals surface area contributed by atoms with Crippen LogP contribution in [0.2, 0.25) is 0 Å². The SMILES string of the molecule is Cc1ccc(C)c(N=Cc2cc(C)cc([N+](=O)[O-])c2[O-])c1. The molecule has 2 aromatic rings. The van der Waals surface area contributed by atoms with Gasteiger partial charge in [-0.15, -0.1) is 0 Å². The molecule has 0 aliphatic heterocycles. The Labute approximate surface area is 122 Å². The molecule has 108 valence electrons. The van der Waals surface area contributed by atoms with Gasteiger partial charge in [-0.1, -0.05) is 18.2 Å². The van der Waals surface area contributed by atoms with Crippen LogP contribution in [0.4, 0.5) is 11.4 Å². The van der Waals surface area contributed by atoms with Gasteiger partial charge in [-0.05, 0) is 54.8 Å². The zero-order valence-electron chi connectivity index (χ0n) is 12.1. The molecular weight excluding hydrogens is 268 g/mol. The Morgan fingerprint density at radius 2 is 1.81 bits per heavy atom. The van der Waals surface area contributed by atoms with Crippen LogP contribution >= 0.6 is 0 Å². The summed E-state index contributed by atoms with van der Waals surface area (Å²) in [5, 5.41) is 22.9. The zero-order valence-corrected chi connectivity index (χ0v) is 12.1. The van der Waals surface area contributed by atoms with Crippen molar-refractivity contribution in [2.45, 2.75) is 20.8 Å². The molecule has 0 aromatic heterocycles. The summed E-state index contributed by atoms with van der Waals surface area (Å²) in [6.07, 6.45) is 1.39. The number of nitrogens with zero attached hydrogens (tertiary/aromatic N) is 2. The lowest BCUT2D eigenvalue weighted by Crippen LogP contribution is -2.02. The van der Waals surface area contributed by atoms with Gasteiger partial charge in [-0.3, -0.25) is 15.1 Å². The third-order valence-electron chi connectivity index (χ3n) is 3.15. The first-order valence-corrected chi connectivity index (χ1v) is 6.46. The van der Waals surface area contributed by atoms with Crippen LogP contribution < -0.4 is 5.11 Å². The summed E-state index contributed by atoms with van der Waals surface area (Å²) in [4.78, 5) is 14.5. The van der Waals surface area contributed by atoms with Gasteiger partial charge in [0.25, 0.3) is 5.69 Å². The minimum Gasteiger partial charge on any atom is -0.867 e. The summed E-state index contributed by atoms with van der Waals surface area (Å²) in [7, 11) is 0. The molecule has 5 heteroatoms. The fraction of sp³-hybridized carbons (Fsp3) is 0.188. The topological polar surface area (TPSA) is 78.6 Å². The first-order chi connectivity index (χ1) is 9.88. The lowest BCUT2D eigenvalue weighted by Gasteiger charge is -2.11. The monoisotopic (exact) mass is 283 g/mol. The highest BCUT2D eigenvalue weighted by Gasteiger charge is 2.10. The molecule has 0 aliphatic carbocycles. The van der Waals surface area contributed by atoms with E-state index in [2.05, 4.69) is 4.99 Å². The van der Waals surface area contributed by atoms with E-state index in [0.717, 1.165) is 16.8 Å². The van der Waals surface area contributed by atoms with Crippen molar-refractivity contribution < 1.29 is 10.0 Å². The van der Waals surface area contributed by atoms with Gasteiger partial charge in [0.1, 0.15) is 0 Å². The van der Waals surface area contributed by atoms with Crippen molar-refractivity contribution in [2.75, 3.05) is 0 Å². The number of hydrogen-bond donors (Lipinski definition) is 0. The lowest BCUT2D eigenvalue weighted by molar-refractivity contribution is -0.398. The molecule has 0 N–H and O–H groups in total. The van der Waals surface area contributed by atoms with Crippen LogP contribution in [0.3, 0.4) is 0 Å². The van der Waals surface area contributed by atoms with Gasteiger partial charge in [-0.2, -0.15) is 0 Å². The first-order valence-electron chi connectivity index (χ1n) is 6.46. The average molecular weight is 283 g/mol. The molecule has 0 unspecified atom stereocenters. The predicted octanol–water partition coefficient (Wildman–Crippen LogP) is 3.34. The van der Waals surface area contributed by atoms with Gasteiger partial charge in [-0.25, -0.2) is 0 Å². The highest BCUT2D eigenvalue weighted by molar-refractivity contribution is 5.87. The van der Waals surface area contributed by atoms with Gasteiger partial charge in [0.15, 0.2) is 0 Å². The van der Waals surface area contributed by atoms with Crippen LogP contribution in [0.5, 0.6) is 5.75 Å². The van der Waals surface area contributed by atoms with Crippen LogP contribution in [0.25, 0.3) is 0 Å². The van der Waals surface area contributed by atoms with Crippen LogP contribution in [0.15, 0.2) is 35.3 Å². The fourth-order valence-corrected chi connectivity index (χ4v) is 2.01. The number of benzene rings is 2. The standard InChI is InChI=1S/C16H16N2O3/c1-10-4-5-12(3)14(7-10)17-9-13-6-11(2)8-15(16(13)19)18(20)21/h4-9,19H,1-3H3/p-1. The number of nitro groups is 1. The summed E-state index contributed by atoms with van der Waals surface area (Å²) in [6.45, 7) is 5.58. The van der Waals surface area contributed by atoms with Crippen molar-refractivity contribution in [3.63, 3.8) is 0 Å². The second-order valence-corrected chi connectivity index (χ2v) is 5.01. The number of hydrogen-bond acceptors (Lipinski definition) is 4. The van der Waals surface area contributed by atoms with Crippen molar-refractivity contribution in [1.29, 1.82) is 0 Å². The van der Waals surface area contributed by atoms with Crippen molar-refractivity contribution in [3.05, 3.63) is 62.7 Å². The Bertz CT molecular complexity index is 737. The molecule has 0 aliphatic rings. The van der Waals surface area contributed by atoms with E-state index < -0.39 is 16.4 Å². The average Bonchev–Trinajstić information content (AvgIpc) is 2.42. The fourth-order valence-electron chi connectivity index (χ4n) is 2.01. The van der Waals surface area contributed by atoms with E-state index in [4.69, 9.17) is 0 Å². The molecule has 0 saturated carbocycles. The Kier molecular flexibility index (Phi) is 4.03. The molecular formula is C16H15N2O3-. The van der Waals surface area contributed by atoms with Crippen molar-refractivity contribution in [1.82, 2.24) is 0 Å². The molecule has 5 nitrogen and oxygen atoms in total. The van der Waals surface area contributed by atoms with Gasteiger partial charge in [0, 0.05) is 12.3 Å². The molecule has 0 atom stereocenters. The van der Waals surface area contributed by atoms with Crippen LogP contribution in [-0.4, -0.2) is 11.1 Å². The van der Waals surface area contributed by atoms with Gasteiger partial charge in [0.2, 0.25) is 0 Å². The third-order valence-corrected chi connectivity index (χ3v) is 3.15. The minimum absolute atomic E-state index is 0.225. The Balaban J connectivity index is 2.46. The largest absolute Gasteiger partial charge is 0.867 e. The zero-order chi connectivity index (χ0) is 15.6. The minimum atomic E-state index is -0.662. The number of aliphatic imine (C=N–C) groups is 1. The molecule has 0 heterocycles. The lowest BCUT2D eigenvalue weighted by atomic mass is 10.1. The summed E-state index contributed by atoms with van der Waals surface area (Å²) in [5.74, 6) is -0.611. The van der Waals surface area contributed by atoms with E-state index in [-0.39, 0.29) is 5.56 Å². The first kappa shape index (κ1) is 14.7. The Morgan fingerprint density at radius 1 is 1.10 bits per heavy atom. The quantitative estimate of drug-likeness (QED) is 0.492. The molecule has 0 amide bonds. The smallest absolute Gasteiger partial charge is 0.262 e. The normalized spacial score (nSPS) is 11.0. The van der Waals surface area contributed by atoms with Crippen molar-refractivity contribution in [3.8, 4) is 5.75 Å². The summed E-state index contributed by atoms with van der Waals surface area (Å²) < 4.78 is 0. The van der Waals surface area contributed by atoms with Crippen molar-refractivity contribution >= 4 is 17.6 Å². The predicted molar refractivity (Wildman–Crippen MR) is 80.4 cm³/mol. The molecule has 0 radical (unpaired) electrons. The summed E-state index contributed by atoms with van der Waals surface area (Å²) >= 11 is 0. The second-order valence-electron chi connectivity index (χ2n) is 5.01. The van der Waals surface area contributed by atoms with E-state index in [9.17, 15) is 15.2 Å². The van der Waals surface area contributed by atoms with E-state index in [1.54, 1.807) is 13.0 Å². The van der Waals surface area contributed by atoms with Gasteiger partial charge < -0.3 is 5.11 Å². The number of nitro benzene ring substituents is 1. The molecule has 0 fully saturated rings. The molecule has 21 heavy (non-hydrogen) atoms. The Hall–Kier alpha value is -2.69. The van der Waals surface area contributed by atoms with Gasteiger partial charge in [0.05, 0.1) is 10.6 Å². The van der Waals surface area contributed by atoms with Gasteiger partial charge >= 0.3 is 0 Å². The highest BCUT2D eigenvalue weighted by Crippen LogP contribution is 2.28.